The van der Waals surface area contributed by atoms with Crippen molar-refractivity contribution in [3.8, 4) is 0 Å². The summed E-state index contributed by atoms with van der Waals surface area (Å²) in [5.74, 6) is 0.402. The highest BCUT2D eigenvalue weighted by Crippen LogP contribution is 2.48. The van der Waals surface area contributed by atoms with Crippen molar-refractivity contribution in [3.63, 3.8) is 0 Å². The van der Waals surface area contributed by atoms with E-state index in [-0.39, 0.29) is 16.9 Å². The summed E-state index contributed by atoms with van der Waals surface area (Å²) >= 11 is 0. The van der Waals surface area contributed by atoms with E-state index >= 15 is 0 Å². The molecule has 1 saturated carbocycles. The lowest BCUT2D eigenvalue weighted by Gasteiger charge is -2.45. The second kappa shape index (κ2) is 4.74. The third-order valence-electron chi connectivity index (χ3n) is 4.47. The molecule has 94 valence electrons. The van der Waals surface area contributed by atoms with Crippen LogP contribution >= 0.6 is 0 Å². The summed E-state index contributed by atoms with van der Waals surface area (Å²) in [6.45, 7) is 6.18. The summed E-state index contributed by atoms with van der Waals surface area (Å²) in [6, 6.07) is 0. The molecular weight excluding hydrogens is 202 g/mol. The summed E-state index contributed by atoms with van der Waals surface area (Å²) in [5, 5.41) is 0. The molecule has 0 heterocycles. The number of methoxy groups -OCH3 is 1. The normalized spacial score (nSPS) is 21.8. The third kappa shape index (κ3) is 2.57. The van der Waals surface area contributed by atoms with Crippen LogP contribution in [0, 0.1) is 11.3 Å². The molecule has 1 fully saturated rings. The zero-order valence-electron chi connectivity index (χ0n) is 11.0. The van der Waals surface area contributed by atoms with Gasteiger partial charge in [0.1, 0.15) is 0 Å². The second-order valence-electron chi connectivity index (χ2n) is 5.87. The Morgan fingerprint density at radius 3 is 2.19 bits per heavy atom. The lowest BCUT2D eigenvalue weighted by molar-refractivity contribution is -0.145. The van der Waals surface area contributed by atoms with Gasteiger partial charge in [0.2, 0.25) is 0 Å². The van der Waals surface area contributed by atoms with Gasteiger partial charge in [0.25, 0.3) is 0 Å². The molecule has 1 aliphatic rings. The van der Waals surface area contributed by atoms with E-state index in [2.05, 4.69) is 6.92 Å². The van der Waals surface area contributed by atoms with Crippen molar-refractivity contribution in [2.24, 2.45) is 17.1 Å². The number of carbonyl (C=O) groups excluding carboxylic acids is 1. The Kier molecular flexibility index (Phi) is 4.00. The Bertz CT molecular complexity index is 251. The van der Waals surface area contributed by atoms with Gasteiger partial charge < -0.3 is 10.5 Å². The van der Waals surface area contributed by atoms with Crippen LogP contribution in [0.5, 0.6) is 0 Å². The van der Waals surface area contributed by atoms with Crippen LogP contribution in [0.15, 0.2) is 0 Å². The van der Waals surface area contributed by atoms with Crippen molar-refractivity contribution in [1.82, 2.24) is 0 Å². The topological polar surface area (TPSA) is 52.3 Å². The van der Waals surface area contributed by atoms with Gasteiger partial charge in [-0.1, -0.05) is 19.8 Å². The fraction of sp³-hybridized carbons (Fsp3) is 0.923. The van der Waals surface area contributed by atoms with E-state index in [0.29, 0.717) is 12.3 Å². The molecule has 0 aromatic carbocycles. The maximum absolute atomic E-state index is 11.6. The average molecular weight is 227 g/mol. The molecule has 0 amide bonds. The van der Waals surface area contributed by atoms with Crippen molar-refractivity contribution in [3.05, 3.63) is 0 Å². The molecule has 0 saturated heterocycles. The van der Waals surface area contributed by atoms with Gasteiger partial charge in [0.05, 0.1) is 13.5 Å². The van der Waals surface area contributed by atoms with Gasteiger partial charge >= 0.3 is 5.97 Å². The Balaban J connectivity index is 2.87. The van der Waals surface area contributed by atoms with Crippen LogP contribution in [0.1, 0.15) is 52.9 Å². The summed E-state index contributed by atoms with van der Waals surface area (Å²) in [6.07, 6.45) is 5.33. The van der Waals surface area contributed by atoms with E-state index in [4.69, 9.17) is 10.5 Å². The smallest absolute Gasteiger partial charge is 0.306 e. The zero-order chi connectivity index (χ0) is 12.4. The van der Waals surface area contributed by atoms with Crippen molar-refractivity contribution >= 4 is 5.97 Å². The SMILES string of the molecule is COC(=O)CC(C)(C1CCCC1)C(C)(C)N. The Labute approximate surface area is 98.7 Å². The summed E-state index contributed by atoms with van der Waals surface area (Å²) < 4.78 is 4.81. The number of nitrogens with two attached hydrogens (primary N) is 1. The molecule has 3 heteroatoms. The predicted octanol–water partition coefficient (Wildman–Crippen LogP) is 2.48. The van der Waals surface area contributed by atoms with Gasteiger partial charge in [-0.3, -0.25) is 4.79 Å². The lowest BCUT2D eigenvalue weighted by atomic mass is 9.62. The molecule has 0 aromatic heterocycles. The number of hydrogen-bond donors (Lipinski definition) is 1. The highest BCUT2D eigenvalue weighted by atomic mass is 16.5. The largest absolute Gasteiger partial charge is 0.469 e. The van der Waals surface area contributed by atoms with Crippen LogP contribution in [-0.4, -0.2) is 18.6 Å². The van der Waals surface area contributed by atoms with Gasteiger partial charge in [0, 0.05) is 5.54 Å². The first-order valence-corrected chi connectivity index (χ1v) is 6.17. The van der Waals surface area contributed by atoms with Gasteiger partial charge in [-0.2, -0.15) is 0 Å². The summed E-state index contributed by atoms with van der Waals surface area (Å²) in [5.41, 5.74) is 5.78. The monoisotopic (exact) mass is 227 g/mol. The molecule has 16 heavy (non-hydrogen) atoms. The summed E-state index contributed by atoms with van der Waals surface area (Å²) in [7, 11) is 1.45. The number of hydrogen-bond acceptors (Lipinski definition) is 3. The predicted molar refractivity (Wildman–Crippen MR) is 65.0 cm³/mol. The first-order chi connectivity index (χ1) is 7.31. The third-order valence-corrected chi connectivity index (χ3v) is 4.47. The first-order valence-electron chi connectivity index (χ1n) is 6.17. The molecule has 2 N–H and O–H groups in total. The van der Waals surface area contributed by atoms with Crippen LogP contribution in [0.25, 0.3) is 0 Å². The van der Waals surface area contributed by atoms with Gasteiger partial charge in [-0.15, -0.1) is 0 Å². The molecule has 1 unspecified atom stereocenters. The Hall–Kier alpha value is -0.570. The minimum absolute atomic E-state index is 0.145. The van der Waals surface area contributed by atoms with E-state index in [1.165, 1.54) is 32.8 Å². The second-order valence-corrected chi connectivity index (χ2v) is 5.87. The van der Waals surface area contributed by atoms with Crippen molar-refractivity contribution in [2.75, 3.05) is 7.11 Å². The number of carbonyl (C=O) groups is 1. The fourth-order valence-corrected chi connectivity index (χ4v) is 2.83. The van der Waals surface area contributed by atoms with Crippen LogP contribution in [-0.2, 0) is 9.53 Å². The van der Waals surface area contributed by atoms with Crippen molar-refractivity contribution in [2.45, 2.75) is 58.4 Å². The van der Waals surface area contributed by atoms with Gasteiger partial charge in [0.15, 0.2) is 0 Å². The van der Waals surface area contributed by atoms with Crippen molar-refractivity contribution < 1.29 is 9.53 Å². The van der Waals surface area contributed by atoms with E-state index in [1.807, 2.05) is 13.8 Å². The van der Waals surface area contributed by atoms with Crippen LogP contribution < -0.4 is 5.73 Å². The highest BCUT2D eigenvalue weighted by Gasteiger charge is 2.46. The minimum Gasteiger partial charge on any atom is -0.469 e. The molecule has 0 aliphatic heterocycles. The molecule has 1 aliphatic carbocycles. The van der Waals surface area contributed by atoms with E-state index in [1.54, 1.807) is 0 Å². The zero-order valence-corrected chi connectivity index (χ0v) is 11.0. The lowest BCUT2D eigenvalue weighted by Crippen LogP contribution is -2.53. The van der Waals surface area contributed by atoms with Crippen LogP contribution in [0.3, 0.4) is 0 Å². The molecule has 1 atom stereocenters. The van der Waals surface area contributed by atoms with E-state index < -0.39 is 0 Å². The standard InChI is InChI=1S/C13H25NO2/c1-12(2,14)13(3,9-11(15)16-4)10-7-5-6-8-10/h10H,5-9,14H2,1-4H3. The fourth-order valence-electron chi connectivity index (χ4n) is 2.83. The maximum Gasteiger partial charge on any atom is 0.306 e. The van der Waals surface area contributed by atoms with E-state index in [0.717, 1.165) is 0 Å². The minimum atomic E-state index is -0.351. The molecule has 0 aromatic rings. The van der Waals surface area contributed by atoms with E-state index in [9.17, 15) is 4.79 Å². The molecule has 0 bridgehead atoms. The molecule has 0 radical (unpaired) electrons. The molecule has 3 nitrogen and oxygen atoms in total. The Morgan fingerprint density at radius 2 is 1.81 bits per heavy atom. The number of ether oxygens (including phenoxy) is 1. The van der Waals surface area contributed by atoms with Gasteiger partial charge in [-0.05, 0) is 38.0 Å². The quantitative estimate of drug-likeness (QED) is 0.751. The molecular formula is C13H25NO2. The summed E-state index contributed by atoms with van der Waals surface area (Å²) in [4.78, 5) is 11.6. The first kappa shape index (κ1) is 13.5. The molecule has 0 spiro atoms. The Morgan fingerprint density at radius 1 is 1.31 bits per heavy atom. The number of esters is 1. The van der Waals surface area contributed by atoms with Crippen molar-refractivity contribution in [1.29, 1.82) is 0 Å². The maximum atomic E-state index is 11.6. The van der Waals surface area contributed by atoms with Crippen LogP contribution in [0.4, 0.5) is 0 Å². The van der Waals surface area contributed by atoms with Gasteiger partial charge in [-0.25, -0.2) is 0 Å². The number of rotatable bonds is 4. The highest BCUT2D eigenvalue weighted by molar-refractivity contribution is 5.70. The van der Waals surface area contributed by atoms with Crippen LogP contribution in [0.2, 0.25) is 0 Å². The average Bonchev–Trinajstić information content (AvgIpc) is 2.68. The molecule has 1 rings (SSSR count).